The Kier molecular flexibility index (Phi) is 5.94. The number of rotatable bonds is 7. The van der Waals surface area contributed by atoms with Crippen molar-refractivity contribution in [3.8, 4) is 0 Å². The van der Waals surface area contributed by atoms with E-state index < -0.39 is 5.97 Å². The maximum atomic E-state index is 10.8. The van der Waals surface area contributed by atoms with Crippen LogP contribution in [-0.2, 0) is 16.1 Å². The van der Waals surface area contributed by atoms with Crippen LogP contribution in [0.25, 0.3) is 0 Å². The van der Waals surface area contributed by atoms with Crippen LogP contribution in [0.5, 0.6) is 0 Å². The zero-order valence-electron chi connectivity index (χ0n) is 10.8. The van der Waals surface area contributed by atoms with E-state index in [1.807, 2.05) is 31.2 Å². The number of ether oxygens (including phenoxy) is 1. The van der Waals surface area contributed by atoms with Gasteiger partial charge in [0.1, 0.15) is 0 Å². The highest BCUT2D eigenvalue weighted by atomic mass is 16.5. The van der Waals surface area contributed by atoms with Gasteiger partial charge in [0.15, 0.2) is 0 Å². The van der Waals surface area contributed by atoms with Gasteiger partial charge >= 0.3 is 5.97 Å². The summed E-state index contributed by atoms with van der Waals surface area (Å²) in [6.07, 6.45) is 2.23. The number of benzene rings is 1. The molecule has 1 aromatic carbocycles. The van der Waals surface area contributed by atoms with Crippen molar-refractivity contribution in [2.75, 3.05) is 19.0 Å². The van der Waals surface area contributed by atoms with Crippen molar-refractivity contribution in [1.29, 1.82) is 0 Å². The molecule has 0 aromatic heterocycles. The lowest BCUT2D eigenvalue weighted by Crippen LogP contribution is -2.05. The molecule has 0 saturated carbocycles. The van der Waals surface area contributed by atoms with E-state index in [1.54, 1.807) is 13.2 Å². The van der Waals surface area contributed by atoms with Crippen LogP contribution in [-0.4, -0.2) is 24.7 Å². The molecule has 0 aliphatic carbocycles. The average molecular weight is 249 g/mol. The average Bonchev–Trinajstić information content (AvgIpc) is 2.35. The van der Waals surface area contributed by atoms with Crippen molar-refractivity contribution < 1.29 is 14.6 Å². The number of nitrogens with one attached hydrogen (secondary N) is 1. The Balaban J connectivity index is 2.58. The van der Waals surface area contributed by atoms with Gasteiger partial charge in [-0.3, -0.25) is 0 Å². The zero-order valence-corrected chi connectivity index (χ0v) is 10.8. The zero-order chi connectivity index (χ0) is 13.4. The van der Waals surface area contributed by atoms with Gasteiger partial charge in [-0.25, -0.2) is 4.79 Å². The van der Waals surface area contributed by atoms with Crippen molar-refractivity contribution >= 4 is 11.7 Å². The first-order valence-corrected chi connectivity index (χ1v) is 5.91. The monoisotopic (exact) mass is 249 g/mol. The Bertz CT molecular complexity index is 427. The molecule has 1 aromatic rings. The summed E-state index contributed by atoms with van der Waals surface area (Å²) in [7, 11) is 1.66. The van der Waals surface area contributed by atoms with E-state index >= 15 is 0 Å². The SMILES string of the molecule is CC/C(=C/CNc1cccc(COC)c1)C(=O)O. The molecular weight excluding hydrogens is 230 g/mol. The van der Waals surface area contributed by atoms with Crippen LogP contribution < -0.4 is 5.32 Å². The van der Waals surface area contributed by atoms with Gasteiger partial charge in [0.2, 0.25) is 0 Å². The third kappa shape index (κ3) is 4.59. The Hall–Kier alpha value is -1.81. The van der Waals surface area contributed by atoms with Crippen LogP contribution in [0.1, 0.15) is 18.9 Å². The van der Waals surface area contributed by atoms with Crippen LogP contribution in [0.15, 0.2) is 35.9 Å². The molecule has 18 heavy (non-hydrogen) atoms. The summed E-state index contributed by atoms with van der Waals surface area (Å²) in [5.74, 6) is -0.854. The highest BCUT2D eigenvalue weighted by Crippen LogP contribution is 2.11. The maximum Gasteiger partial charge on any atom is 0.331 e. The van der Waals surface area contributed by atoms with E-state index in [9.17, 15) is 4.79 Å². The number of aliphatic carboxylic acids is 1. The van der Waals surface area contributed by atoms with Crippen LogP contribution in [0.2, 0.25) is 0 Å². The van der Waals surface area contributed by atoms with Gasteiger partial charge in [-0.2, -0.15) is 0 Å². The molecule has 0 amide bonds. The van der Waals surface area contributed by atoms with Gasteiger partial charge in [0, 0.05) is 24.9 Å². The van der Waals surface area contributed by atoms with E-state index in [4.69, 9.17) is 9.84 Å². The lowest BCUT2D eigenvalue weighted by atomic mass is 10.2. The second-order valence-corrected chi connectivity index (χ2v) is 3.90. The van der Waals surface area contributed by atoms with Gasteiger partial charge in [-0.1, -0.05) is 25.1 Å². The number of anilines is 1. The molecule has 4 nitrogen and oxygen atoms in total. The van der Waals surface area contributed by atoms with E-state index in [2.05, 4.69) is 5.32 Å². The van der Waals surface area contributed by atoms with Crippen LogP contribution >= 0.6 is 0 Å². The quantitative estimate of drug-likeness (QED) is 0.729. The minimum absolute atomic E-state index is 0.426. The minimum atomic E-state index is -0.854. The fourth-order valence-corrected chi connectivity index (χ4v) is 1.61. The largest absolute Gasteiger partial charge is 0.478 e. The maximum absolute atomic E-state index is 10.8. The molecule has 0 aliphatic rings. The number of carboxylic acid groups (broad SMARTS) is 1. The molecule has 0 spiro atoms. The van der Waals surface area contributed by atoms with Gasteiger partial charge in [0.25, 0.3) is 0 Å². The second kappa shape index (κ2) is 7.50. The van der Waals surface area contributed by atoms with E-state index in [1.165, 1.54) is 0 Å². The molecule has 0 aliphatic heterocycles. The van der Waals surface area contributed by atoms with Gasteiger partial charge in [0.05, 0.1) is 6.61 Å². The van der Waals surface area contributed by atoms with Crippen LogP contribution in [0.3, 0.4) is 0 Å². The third-order valence-electron chi connectivity index (χ3n) is 2.55. The van der Waals surface area contributed by atoms with Gasteiger partial charge < -0.3 is 15.2 Å². The third-order valence-corrected chi connectivity index (χ3v) is 2.55. The molecule has 1 rings (SSSR count). The van der Waals surface area contributed by atoms with Crippen LogP contribution in [0, 0.1) is 0 Å². The normalized spacial score (nSPS) is 11.3. The molecule has 0 radical (unpaired) electrons. The highest BCUT2D eigenvalue weighted by molar-refractivity contribution is 5.86. The predicted molar refractivity (Wildman–Crippen MR) is 71.7 cm³/mol. The highest BCUT2D eigenvalue weighted by Gasteiger charge is 2.02. The smallest absolute Gasteiger partial charge is 0.331 e. The molecule has 0 fully saturated rings. The first-order chi connectivity index (χ1) is 8.67. The van der Waals surface area contributed by atoms with E-state index in [-0.39, 0.29) is 0 Å². The molecule has 0 heterocycles. The first-order valence-electron chi connectivity index (χ1n) is 5.91. The Morgan fingerprint density at radius 1 is 1.50 bits per heavy atom. The second-order valence-electron chi connectivity index (χ2n) is 3.90. The van der Waals surface area contributed by atoms with E-state index in [0.29, 0.717) is 25.1 Å². The lowest BCUT2D eigenvalue weighted by molar-refractivity contribution is -0.132. The fraction of sp³-hybridized carbons (Fsp3) is 0.357. The number of carbonyl (C=O) groups is 1. The summed E-state index contributed by atoms with van der Waals surface area (Å²) < 4.78 is 5.06. The molecule has 98 valence electrons. The topological polar surface area (TPSA) is 58.6 Å². The number of carboxylic acids is 1. The standard InChI is InChI=1S/C14H19NO3/c1-3-12(14(16)17)7-8-15-13-6-4-5-11(9-13)10-18-2/h4-7,9,15H,3,8,10H2,1-2H3,(H,16,17)/b12-7-. The molecular formula is C14H19NO3. The first kappa shape index (κ1) is 14.3. The summed E-state index contributed by atoms with van der Waals surface area (Å²) >= 11 is 0. The van der Waals surface area contributed by atoms with Crippen LogP contribution in [0.4, 0.5) is 5.69 Å². The van der Waals surface area contributed by atoms with Crippen molar-refractivity contribution in [3.05, 3.63) is 41.5 Å². The van der Waals surface area contributed by atoms with Crippen molar-refractivity contribution in [2.45, 2.75) is 20.0 Å². The van der Waals surface area contributed by atoms with Gasteiger partial charge in [-0.05, 0) is 24.1 Å². The summed E-state index contributed by atoms with van der Waals surface area (Å²) in [5, 5.41) is 12.0. The molecule has 0 bridgehead atoms. The Labute approximate surface area is 107 Å². The summed E-state index contributed by atoms with van der Waals surface area (Å²) in [6.45, 7) is 2.91. The molecule has 2 N–H and O–H groups in total. The predicted octanol–water partition coefficient (Wildman–Crippen LogP) is 2.67. The number of methoxy groups -OCH3 is 1. The van der Waals surface area contributed by atoms with Crippen molar-refractivity contribution in [3.63, 3.8) is 0 Å². The Morgan fingerprint density at radius 3 is 2.89 bits per heavy atom. The summed E-state index contributed by atoms with van der Waals surface area (Å²) in [5.41, 5.74) is 2.47. The van der Waals surface area contributed by atoms with Crippen molar-refractivity contribution in [2.24, 2.45) is 0 Å². The summed E-state index contributed by atoms with van der Waals surface area (Å²) in [6, 6.07) is 7.86. The lowest BCUT2D eigenvalue weighted by Gasteiger charge is -2.06. The van der Waals surface area contributed by atoms with E-state index in [0.717, 1.165) is 11.3 Å². The minimum Gasteiger partial charge on any atom is -0.478 e. The van der Waals surface area contributed by atoms with Crippen molar-refractivity contribution in [1.82, 2.24) is 0 Å². The molecule has 4 heteroatoms. The molecule has 0 saturated heterocycles. The molecule has 0 unspecified atom stereocenters. The van der Waals surface area contributed by atoms with Gasteiger partial charge in [-0.15, -0.1) is 0 Å². The fourth-order valence-electron chi connectivity index (χ4n) is 1.61. The Morgan fingerprint density at radius 2 is 2.28 bits per heavy atom. The summed E-state index contributed by atoms with van der Waals surface area (Å²) in [4.78, 5) is 10.8. The number of hydrogen-bond donors (Lipinski definition) is 2. The molecule has 0 atom stereocenters. The number of hydrogen-bond acceptors (Lipinski definition) is 3.